The second kappa shape index (κ2) is 8.21. The first-order chi connectivity index (χ1) is 12.9. The van der Waals surface area contributed by atoms with Crippen molar-refractivity contribution in [1.29, 1.82) is 0 Å². The highest BCUT2D eigenvalue weighted by atomic mass is 32.1. The topological polar surface area (TPSA) is 90.3 Å². The first-order valence-electron chi connectivity index (χ1n) is 9.41. The van der Waals surface area contributed by atoms with Crippen LogP contribution in [0.25, 0.3) is 10.2 Å². The molecule has 2 aromatic rings. The van der Waals surface area contributed by atoms with Crippen LogP contribution in [0.3, 0.4) is 0 Å². The number of carbonyl (C=O) groups excluding carboxylic acids is 2. The number of rotatable bonds is 5. The third-order valence-electron chi connectivity index (χ3n) is 4.95. The van der Waals surface area contributed by atoms with Crippen LogP contribution in [-0.4, -0.2) is 34.1 Å². The molecule has 27 heavy (non-hydrogen) atoms. The first kappa shape index (κ1) is 19.5. The van der Waals surface area contributed by atoms with Gasteiger partial charge in [0.25, 0.3) is 11.5 Å². The summed E-state index contributed by atoms with van der Waals surface area (Å²) in [6.45, 7) is 5.92. The van der Waals surface area contributed by atoms with E-state index in [1.165, 1.54) is 11.3 Å². The van der Waals surface area contributed by atoms with Crippen LogP contribution < -0.4 is 10.9 Å². The highest BCUT2D eigenvalue weighted by Gasteiger charge is 2.23. The van der Waals surface area contributed by atoms with E-state index in [2.05, 4.69) is 10.3 Å². The van der Waals surface area contributed by atoms with E-state index in [9.17, 15) is 14.4 Å². The molecule has 0 fully saturated rings. The van der Waals surface area contributed by atoms with E-state index in [0.29, 0.717) is 27.2 Å². The normalized spacial score (nSPS) is 15.1. The smallest absolute Gasteiger partial charge is 0.349 e. The number of ether oxygens (including phenoxy) is 1. The predicted octanol–water partition coefficient (Wildman–Crippen LogP) is 2.56. The van der Waals surface area contributed by atoms with Gasteiger partial charge in [-0.25, -0.2) is 9.78 Å². The Hall–Kier alpha value is -2.22. The SMILES string of the molecule is CC[C@@H](C)NC(=O)COC(=O)c1sc2nc3n(c(=O)c2c1C)CCCCC3. The van der Waals surface area contributed by atoms with Crippen LogP contribution in [0, 0.1) is 6.92 Å². The summed E-state index contributed by atoms with van der Waals surface area (Å²) < 4.78 is 6.89. The lowest BCUT2D eigenvalue weighted by Gasteiger charge is -2.11. The molecule has 0 saturated heterocycles. The largest absolute Gasteiger partial charge is 0.451 e. The van der Waals surface area contributed by atoms with Crippen molar-refractivity contribution in [2.75, 3.05) is 6.61 Å². The molecule has 1 aliphatic heterocycles. The predicted molar refractivity (Wildman–Crippen MR) is 104 cm³/mol. The zero-order chi connectivity index (χ0) is 19.6. The molecule has 0 radical (unpaired) electrons. The number of aromatic nitrogens is 2. The van der Waals surface area contributed by atoms with Crippen LogP contribution >= 0.6 is 11.3 Å². The van der Waals surface area contributed by atoms with Gasteiger partial charge in [0.2, 0.25) is 0 Å². The number of fused-ring (bicyclic) bond motifs is 2. The Morgan fingerprint density at radius 2 is 2.11 bits per heavy atom. The first-order valence-corrected chi connectivity index (χ1v) is 10.2. The Labute approximate surface area is 161 Å². The second-order valence-corrected chi connectivity index (χ2v) is 7.98. The Morgan fingerprint density at radius 3 is 2.85 bits per heavy atom. The molecule has 7 nitrogen and oxygen atoms in total. The van der Waals surface area contributed by atoms with E-state index in [0.717, 1.165) is 37.9 Å². The number of amides is 1. The van der Waals surface area contributed by atoms with Crippen molar-refractivity contribution in [3.63, 3.8) is 0 Å². The highest BCUT2D eigenvalue weighted by Crippen LogP contribution is 2.28. The summed E-state index contributed by atoms with van der Waals surface area (Å²) in [5.41, 5.74) is 0.499. The number of esters is 1. The van der Waals surface area contributed by atoms with Gasteiger partial charge in [-0.15, -0.1) is 11.3 Å². The summed E-state index contributed by atoms with van der Waals surface area (Å²) >= 11 is 1.17. The minimum absolute atomic E-state index is 0.0295. The van der Waals surface area contributed by atoms with Gasteiger partial charge >= 0.3 is 5.97 Å². The van der Waals surface area contributed by atoms with E-state index in [4.69, 9.17) is 4.74 Å². The van der Waals surface area contributed by atoms with Gasteiger partial charge in [0.05, 0.1) is 5.39 Å². The lowest BCUT2D eigenvalue weighted by molar-refractivity contribution is -0.124. The molecule has 0 unspecified atom stereocenters. The number of hydrogen-bond donors (Lipinski definition) is 1. The molecule has 0 aromatic carbocycles. The van der Waals surface area contributed by atoms with E-state index in [1.807, 2.05) is 13.8 Å². The maximum absolute atomic E-state index is 12.9. The van der Waals surface area contributed by atoms with Crippen LogP contribution in [0.5, 0.6) is 0 Å². The summed E-state index contributed by atoms with van der Waals surface area (Å²) in [4.78, 5) is 42.7. The summed E-state index contributed by atoms with van der Waals surface area (Å²) in [7, 11) is 0. The molecule has 146 valence electrons. The second-order valence-electron chi connectivity index (χ2n) is 6.98. The average Bonchev–Trinajstić information content (AvgIpc) is 2.82. The maximum Gasteiger partial charge on any atom is 0.349 e. The van der Waals surface area contributed by atoms with E-state index in [1.54, 1.807) is 11.5 Å². The molecule has 3 rings (SSSR count). The molecule has 1 N–H and O–H groups in total. The Bertz CT molecular complexity index is 931. The zero-order valence-electron chi connectivity index (χ0n) is 16.0. The Balaban J connectivity index is 1.84. The van der Waals surface area contributed by atoms with Gasteiger partial charge in [0, 0.05) is 19.0 Å². The Kier molecular flexibility index (Phi) is 5.94. The van der Waals surface area contributed by atoms with Gasteiger partial charge < -0.3 is 10.1 Å². The van der Waals surface area contributed by atoms with Crippen LogP contribution in [0.4, 0.5) is 0 Å². The van der Waals surface area contributed by atoms with Gasteiger partial charge in [-0.1, -0.05) is 13.3 Å². The molecule has 2 aromatic heterocycles. The van der Waals surface area contributed by atoms with E-state index < -0.39 is 5.97 Å². The summed E-state index contributed by atoms with van der Waals surface area (Å²) in [6, 6.07) is 0.0295. The summed E-state index contributed by atoms with van der Waals surface area (Å²) in [5, 5.41) is 3.24. The highest BCUT2D eigenvalue weighted by molar-refractivity contribution is 7.20. The standard InChI is InChI=1S/C19H25N3O4S/c1-4-11(2)20-14(23)10-26-19(25)16-12(3)15-17(27-16)21-13-8-6-5-7-9-22(13)18(15)24/h11H,4-10H2,1-3H3,(H,20,23)/t11-/m1/s1. The van der Waals surface area contributed by atoms with Crippen LogP contribution in [-0.2, 0) is 22.5 Å². The van der Waals surface area contributed by atoms with Crippen molar-refractivity contribution in [2.45, 2.75) is 65.5 Å². The van der Waals surface area contributed by atoms with Gasteiger partial charge in [-0.3, -0.25) is 14.2 Å². The van der Waals surface area contributed by atoms with E-state index >= 15 is 0 Å². The zero-order valence-corrected chi connectivity index (χ0v) is 16.8. The lowest BCUT2D eigenvalue weighted by Crippen LogP contribution is -2.35. The minimum Gasteiger partial charge on any atom is -0.451 e. The molecule has 3 heterocycles. The number of carbonyl (C=O) groups is 2. The van der Waals surface area contributed by atoms with Crippen molar-refractivity contribution in [2.24, 2.45) is 0 Å². The minimum atomic E-state index is -0.589. The van der Waals surface area contributed by atoms with Crippen LogP contribution in [0.15, 0.2) is 4.79 Å². The molecular weight excluding hydrogens is 366 g/mol. The van der Waals surface area contributed by atoms with Crippen molar-refractivity contribution >= 4 is 33.4 Å². The van der Waals surface area contributed by atoms with Crippen LogP contribution in [0.2, 0.25) is 0 Å². The number of thiophene rings is 1. The molecular formula is C19H25N3O4S. The van der Waals surface area contributed by atoms with Gasteiger partial charge in [0.1, 0.15) is 15.5 Å². The van der Waals surface area contributed by atoms with Crippen molar-refractivity contribution in [3.8, 4) is 0 Å². The van der Waals surface area contributed by atoms with Crippen LogP contribution in [0.1, 0.15) is 60.6 Å². The van der Waals surface area contributed by atoms with Crippen molar-refractivity contribution in [3.05, 3.63) is 26.6 Å². The monoisotopic (exact) mass is 391 g/mol. The molecule has 0 saturated carbocycles. The summed E-state index contributed by atoms with van der Waals surface area (Å²) in [5.74, 6) is -0.130. The third kappa shape index (κ3) is 4.05. The molecule has 0 bridgehead atoms. The molecule has 1 amide bonds. The fourth-order valence-electron chi connectivity index (χ4n) is 3.22. The number of hydrogen-bond acceptors (Lipinski definition) is 6. The quantitative estimate of drug-likeness (QED) is 0.791. The number of aryl methyl sites for hydroxylation is 2. The molecule has 8 heteroatoms. The molecule has 1 atom stereocenters. The van der Waals surface area contributed by atoms with Crippen molar-refractivity contribution in [1.82, 2.24) is 14.9 Å². The van der Waals surface area contributed by atoms with Gasteiger partial charge in [-0.2, -0.15) is 0 Å². The Morgan fingerprint density at radius 1 is 1.33 bits per heavy atom. The third-order valence-corrected chi connectivity index (χ3v) is 6.12. The molecule has 0 spiro atoms. The fourth-order valence-corrected chi connectivity index (χ4v) is 4.30. The lowest BCUT2D eigenvalue weighted by atomic mass is 10.2. The van der Waals surface area contributed by atoms with Gasteiger partial charge in [-0.05, 0) is 38.7 Å². The van der Waals surface area contributed by atoms with E-state index in [-0.39, 0.29) is 24.1 Å². The molecule has 1 aliphatic rings. The summed E-state index contributed by atoms with van der Waals surface area (Å²) in [6.07, 6.45) is 4.64. The average molecular weight is 391 g/mol. The van der Waals surface area contributed by atoms with Gasteiger partial charge in [0.15, 0.2) is 6.61 Å². The maximum atomic E-state index is 12.9. The number of nitrogens with one attached hydrogen (secondary N) is 1. The van der Waals surface area contributed by atoms with Crippen molar-refractivity contribution < 1.29 is 14.3 Å². The molecule has 0 aliphatic carbocycles. The number of nitrogens with zero attached hydrogens (tertiary/aromatic N) is 2. The fraction of sp³-hybridized carbons (Fsp3) is 0.579.